The molecule has 1 atom stereocenters. The molecule has 1 rings (SSSR count). The Morgan fingerprint density at radius 1 is 1.48 bits per heavy atom. The number of guanidine groups is 1. The quantitative estimate of drug-likeness (QED) is 0.242. The van der Waals surface area contributed by atoms with E-state index in [9.17, 15) is 9.59 Å². The van der Waals surface area contributed by atoms with Crippen LogP contribution < -0.4 is 21.1 Å². The van der Waals surface area contributed by atoms with Crippen LogP contribution in [0.3, 0.4) is 0 Å². The standard InChI is InChI=1S/C15H25N5O5/c1-15(2,23-3)13(22)19-10(5-4-7-18-14(16)17)11(21)9-24-12-6-8-25-20-12/h6,8,10H,4-5,7,9H2,1-3H3,(H,19,22)(H4,16,17,18)/t10-/m0/s1. The van der Waals surface area contributed by atoms with Crippen LogP contribution in [0.4, 0.5) is 0 Å². The molecule has 0 saturated carbocycles. The minimum absolute atomic E-state index is 0.151. The SMILES string of the molecule is COC(C)(C)C(=O)N[C@@H](CCCNC(=N)N)C(=O)COc1ccon1. The van der Waals surface area contributed by atoms with E-state index in [4.69, 9.17) is 20.6 Å². The van der Waals surface area contributed by atoms with Crippen LogP contribution in [-0.2, 0) is 14.3 Å². The van der Waals surface area contributed by atoms with Crippen LogP contribution >= 0.6 is 0 Å². The fourth-order valence-corrected chi connectivity index (χ4v) is 1.79. The second kappa shape index (κ2) is 9.62. The lowest BCUT2D eigenvalue weighted by Crippen LogP contribution is -2.51. The Labute approximate surface area is 145 Å². The number of amides is 1. The molecule has 1 heterocycles. The third-order valence-corrected chi connectivity index (χ3v) is 3.51. The van der Waals surface area contributed by atoms with Gasteiger partial charge in [-0.1, -0.05) is 0 Å². The summed E-state index contributed by atoms with van der Waals surface area (Å²) in [7, 11) is 1.42. The van der Waals surface area contributed by atoms with Crippen LogP contribution in [0.5, 0.6) is 5.88 Å². The summed E-state index contributed by atoms with van der Waals surface area (Å²) in [6.07, 6.45) is 2.20. The fourth-order valence-electron chi connectivity index (χ4n) is 1.79. The van der Waals surface area contributed by atoms with E-state index in [2.05, 4.69) is 20.3 Å². The molecule has 0 aliphatic heterocycles. The average molecular weight is 355 g/mol. The van der Waals surface area contributed by atoms with E-state index in [1.807, 2.05) is 0 Å². The summed E-state index contributed by atoms with van der Waals surface area (Å²) in [4.78, 5) is 24.6. The van der Waals surface area contributed by atoms with Gasteiger partial charge in [-0.15, -0.1) is 0 Å². The molecular formula is C15H25N5O5. The predicted octanol–water partition coefficient (Wildman–Crippen LogP) is -0.204. The van der Waals surface area contributed by atoms with Crippen LogP contribution in [0.15, 0.2) is 16.9 Å². The summed E-state index contributed by atoms with van der Waals surface area (Å²) in [5, 5.41) is 16.0. The van der Waals surface area contributed by atoms with Gasteiger partial charge in [-0.05, 0) is 31.8 Å². The Hall–Kier alpha value is -2.62. The first-order valence-corrected chi connectivity index (χ1v) is 7.76. The van der Waals surface area contributed by atoms with E-state index in [0.717, 1.165) is 0 Å². The molecule has 0 saturated heterocycles. The van der Waals surface area contributed by atoms with Gasteiger partial charge in [0.25, 0.3) is 11.8 Å². The first kappa shape index (κ1) is 20.4. The van der Waals surface area contributed by atoms with Crippen molar-refractivity contribution in [3.63, 3.8) is 0 Å². The van der Waals surface area contributed by atoms with Crippen molar-refractivity contribution in [1.29, 1.82) is 5.41 Å². The molecule has 10 nitrogen and oxygen atoms in total. The van der Waals surface area contributed by atoms with Gasteiger partial charge in [-0.2, -0.15) is 0 Å². The van der Waals surface area contributed by atoms with Crippen LogP contribution in [0.2, 0.25) is 0 Å². The maximum atomic E-state index is 12.4. The molecule has 0 radical (unpaired) electrons. The number of hydrogen-bond acceptors (Lipinski definition) is 7. The molecule has 10 heteroatoms. The molecule has 25 heavy (non-hydrogen) atoms. The van der Waals surface area contributed by atoms with E-state index < -0.39 is 17.6 Å². The molecule has 0 aromatic carbocycles. The van der Waals surface area contributed by atoms with Gasteiger partial charge in [0.2, 0.25) is 0 Å². The van der Waals surface area contributed by atoms with Gasteiger partial charge in [-0.25, -0.2) is 0 Å². The van der Waals surface area contributed by atoms with E-state index in [-0.39, 0.29) is 24.2 Å². The largest absolute Gasteiger partial charge is 0.467 e. The molecular weight excluding hydrogens is 330 g/mol. The van der Waals surface area contributed by atoms with Crippen molar-refractivity contribution in [2.45, 2.75) is 38.3 Å². The molecule has 1 aromatic rings. The lowest BCUT2D eigenvalue weighted by molar-refractivity contribution is -0.142. The highest BCUT2D eigenvalue weighted by Crippen LogP contribution is 2.10. The first-order chi connectivity index (χ1) is 11.8. The van der Waals surface area contributed by atoms with Crippen molar-refractivity contribution in [3.8, 4) is 5.88 Å². The summed E-state index contributed by atoms with van der Waals surface area (Å²) in [6.45, 7) is 3.36. The number of aromatic nitrogens is 1. The maximum absolute atomic E-state index is 12.4. The average Bonchev–Trinajstić information content (AvgIpc) is 3.08. The van der Waals surface area contributed by atoms with Crippen molar-refractivity contribution < 1.29 is 23.6 Å². The summed E-state index contributed by atoms with van der Waals surface area (Å²) in [5.41, 5.74) is 4.14. The summed E-state index contributed by atoms with van der Waals surface area (Å²) in [5.74, 6) is -0.684. The highest BCUT2D eigenvalue weighted by Gasteiger charge is 2.31. The van der Waals surface area contributed by atoms with Gasteiger partial charge in [0.15, 0.2) is 18.3 Å². The Morgan fingerprint density at radius 3 is 2.76 bits per heavy atom. The maximum Gasteiger partial charge on any atom is 0.254 e. The zero-order valence-electron chi connectivity index (χ0n) is 14.6. The molecule has 140 valence electrons. The third-order valence-electron chi connectivity index (χ3n) is 3.51. The molecule has 0 aliphatic rings. The molecule has 0 aliphatic carbocycles. The number of rotatable bonds is 11. The van der Waals surface area contributed by atoms with E-state index >= 15 is 0 Å². The monoisotopic (exact) mass is 355 g/mol. The number of carbonyl (C=O) groups excluding carboxylic acids is 2. The summed E-state index contributed by atoms with van der Waals surface area (Å²) < 4.78 is 15.0. The Morgan fingerprint density at radius 2 is 2.20 bits per heavy atom. The van der Waals surface area contributed by atoms with Gasteiger partial charge in [0, 0.05) is 19.7 Å². The molecule has 1 aromatic heterocycles. The number of nitrogens with zero attached hydrogens (tertiary/aromatic N) is 1. The van der Waals surface area contributed by atoms with Crippen molar-refractivity contribution >= 4 is 17.6 Å². The molecule has 1 amide bonds. The van der Waals surface area contributed by atoms with Crippen LogP contribution in [0.1, 0.15) is 26.7 Å². The van der Waals surface area contributed by atoms with Gasteiger partial charge < -0.3 is 30.4 Å². The van der Waals surface area contributed by atoms with Crippen LogP contribution in [0, 0.1) is 5.41 Å². The number of nitrogens with one attached hydrogen (secondary N) is 3. The zero-order chi connectivity index (χ0) is 18.9. The highest BCUT2D eigenvalue weighted by molar-refractivity contribution is 5.92. The van der Waals surface area contributed by atoms with Crippen LogP contribution in [0.25, 0.3) is 0 Å². The molecule has 0 spiro atoms. The molecule has 0 unspecified atom stereocenters. The van der Waals surface area contributed by atoms with Crippen molar-refractivity contribution in [2.75, 3.05) is 20.3 Å². The number of Topliss-reactive ketones (excluding diaryl/α,β-unsaturated/α-hetero) is 1. The Bertz CT molecular complexity index is 573. The minimum atomic E-state index is -1.07. The number of ether oxygens (including phenoxy) is 2. The van der Waals surface area contributed by atoms with Gasteiger partial charge in [-0.3, -0.25) is 15.0 Å². The van der Waals surface area contributed by atoms with E-state index in [1.165, 1.54) is 19.4 Å². The topological polar surface area (TPSA) is 153 Å². The lowest BCUT2D eigenvalue weighted by atomic mass is 10.0. The lowest BCUT2D eigenvalue weighted by Gasteiger charge is -2.25. The number of ketones is 1. The summed E-state index contributed by atoms with van der Waals surface area (Å²) in [6, 6.07) is 0.716. The third kappa shape index (κ3) is 7.21. The number of carbonyl (C=O) groups is 2. The van der Waals surface area contributed by atoms with E-state index in [1.54, 1.807) is 13.8 Å². The second-order valence-electron chi connectivity index (χ2n) is 5.82. The van der Waals surface area contributed by atoms with Gasteiger partial charge in [0.1, 0.15) is 11.9 Å². The predicted molar refractivity (Wildman–Crippen MR) is 89.2 cm³/mol. The van der Waals surface area contributed by atoms with E-state index in [0.29, 0.717) is 19.4 Å². The van der Waals surface area contributed by atoms with Gasteiger partial charge in [0.05, 0.1) is 6.04 Å². The van der Waals surface area contributed by atoms with Crippen LogP contribution in [-0.4, -0.2) is 54.7 Å². The molecule has 5 N–H and O–H groups in total. The number of hydrogen-bond donors (Lipinski definition) is 4. The van der Waals surface area contributed by atoms with Crippen molar-refractivity contribution in [1.82, 2.24) is 15.8 Å². The Balaban J connectivity index is 2.63. The first-order valence-electron chi connectivity index (χ1n) is 7.76. The molecule has 0 fully saturated rings. The highest BCUT2D eigenvalue weighted by atomic mass is 16.5. The van der Waals surface area contributed by atoms with Crippen molar-refractivity contribution in [3.05, 3.63) is 12.3 Å². The molecule has 0 bridgehead atoms. The normalized spacial score (nSPS) is 12.3. The minimum Gasteiger partial charge on any atom is -0.467 e. The van der Waals surface area contributed by atoms with Gasteiger partial charge >= 0.3 is 0 Å². The second-order valence-corrected chi connectivity index (χ2v) is 5.82. The smallest absolute Gasteiger partial charge is 0.254 e. The number of nitrogens with two attached hydrogens (primary N) is 1. The van der Waals surface area contributed by atoms with Crippen molar-refractivity contribution in [2.24, 2.45) is 5.73 Å². The fraction of sp³-hybridized carbons (Fsp3) is 0.600. The summed E-state index contributed by atoms with van der Waals surface area (Å²) >= 11 is 0. The Kier molecular flexibility index (Phi) is 7.86. The number of methoxy groups -OCH3 is 1. The zero-order valence-corrected chi connectivity index (χ0v) is 14.6.